The number of carbonyl (C=O) groups is 1. The Kier molecular flexibility index (Phi) is 3.22. The van der Waals surface area contributed by atoms with Gasteiger partial charge in [-0.25, -0.2) is 0 Å². The number of furan rings is 1. The molecule has 0 saturated carbocycles. The molecule has 84 valence electrons. The van der Waals surface area contributed by atoms with Gasteiger partial charge < -0.3 is 15.1 Å². The molecular weight excluding hydrogens is 204 g/mol. The number of para-hydroxylation sites is 1. The summed E-state index contributed by atoms with van der Waals surface area (Å²) >= 11 is 0. The zero-order chi connectivity index (χ0) is 11.4. The Balaban J connectivity index is 2.11. The van der Waals surface area contributed by atoms with E-state index in [-0.39, 0.29) is 5.91 Å². The highest BCUT2D eigenvalue weighted by Crippen LogP contribution is 2.18. The van der Waals surface area contributed by atoms with Crippen LogP contribution in [-0.4, -0.2) is 26.0 Å². The molecule has 1 amide bonds. The van der Waals surface area contributed by atoms with E-state index in [0.717, 1.165) is 17.5 Å². The molecule has 4 heteroatoms. The highest BCUT2D eigenvalue weighted by atomic mass is 16.3. The van der Waals surface area contributed by atoms with Crippen molar-refractivity contribution < 1.29 is 9.21 Å². The number of hydrogen-bond donors (Lipinski definition) is 2. The van der Waals surface area contributed by atoms with Gasteiger partial charge in [-0.2, -0.15) is 0 Å². The lowest BCUT2D eigenvalue weighted by atomic mass is 10.2. The van der Waals surface area contributed by atoms with Crippen molar-refractivity contribution >= 4 is 16.9 Å². The smallest absolute Gasteiger partial charge is 0.287 e. The molecule has 0 atom stereocenters. The lowest BCUT2D eigenvalue weighted by Crippen LogP contribution is -2.30. The molecule has 2 rings (SSSR count). The normalized spacial score (nSPS) is 10.6. The third-order valence-corrected chi connectivity index (χ3v) is 2.31. The standard InChI is InChI=1S/C12H14N2O2/c1-13-6-7-14-12(15)11-8-9-4-2-3-5-10(9)16-11/h2-5,8,13H,6-7H2,1H3,(H,14,15). The monoisotopic (exact) mass is 218 g/mol. The maximum absolute atomic E-state index is 11.7. The van der Waals surface area contributed by atoms with Crippen LogP contribution in [0.3, 0.4) is 0 Å². The Morgan fingerprint density at radius 3 is 2.88 bits per heavy atom. The summed E-state index contributed by atoms with van der Waals surface area (Å²) in [6, 6.07) is 9.32. The minimum absolute atomic E-state index is 0.175. The fourth-order valence-corrected chi connectivity index (χ4v) is 1.48. The summed E-state index contributed by atoms with van der Waals surface area (Å²) in [7, 11) is 1.84. The molecule has 2 aromatic rings. The van der Waals surface area contributed by atoms with E-state index in [1.54, 1.807) is 6.07 Å². The molecular formula is C12H14N2O2. The summed E-state index contributed by atoms with van der Waals surface area (Å²) in [6.07, 6.45) is 0. The first kappa shape index (κ1) is 10.7. The number of carbonyl (C=O) groups excluding carboxylic acids is 1. The van der Waals surface area contributed by atoms with Crippen LogP contribution in [0.1, 0.15) is 10.6 Å². The molecule has 16 heavy (non-hydrogen) atoms. The maximum atomic E-state index is 11.7. The fraction of sp³-hybridized carbons (Fsp3) is 0.250. The summed E-state index contributed by atoms with van der Waals surface area (Å²) in [5, 5.41) is 6.67. The molecule has 0 radical (unpaired) electrons. The number of likely N-dealkylation sites (N-methyl/N-ethyl adjacent to an activating group) is 1. The molecule has 4 nitrogen and oxygen atoms in total. The van der Waals surface area contributed by atoms with E-state index >= 15 is 0 Å². The molecule has 0 bridgehead atoms. The van der Waals surface area contributed by atoms with Gasteiger partial charge in [0.05, 0.1) is 0 Å². The van der Waals surface area contributed by atoms with Gasteiger partial charge in [0.15, 0.2) is 5.76 Å². The molecule has 2 N–H and O–H groups in total. The van der Waals surface area contributed by atoms with E-state index < -0.39 is 0 Å². The quantitative estimate of drug-likeness (QED) is 0.762. The van der Waals surface area contributed by atoms with Crippen LogP contribution < -0.4 is 10.6 Å². The number of fused-ring (bicyclic) bond motifs is 1. The van der Waals surface area contributed by atoms with Crippen molar-refractivity contribution in [3.8, 4) is 0 Å². The topological polar surface area (TPSA) is 54.3 Å². The van der Waals surface area contributed by atoms with Crippen molar-refractivity contribution in [2.24, 2.45) is 0 Å². The Hall–Kier alpha value is -1.81. The van der Waals surface area contributed by atoms with E-state index in [9.17, 15) is 4.79 Å². The Labute approximate surface area is 93.6 Å². The third kappa shape index (κ3) is 2.23. The van der Waals surface area contributed by atoms with Gasteiger partial charge in [-0.05, 0) is 19.2 Å². The van der Waals surface area contributed by atoms with Crippen LogP contribution >= 0.6 is 0 Å². The van der Waals surface area contributed by atoms with E-state index in [1.165, 1.54) is 0 Å². The Morgan fingerprint density at radius 2 is 2.12 bits per heavy atom. The first-order valence-corrected chi connectivity index (χ1v) is 5.22. The molecule has 0 saturated heterocycles. The number of benzene rings is 1. The van der Waals surface area contributed by atoms with E-state index in [4.69, 9.17) is 4.42 Å². The predicted octanol–water partition coefficient (Wildman–Crippen LogP) is 1.38. The van der Waals surface area contributed by atoms with E-state index in [0.29, 0.717) is 12.3 Å². The van der Waals surface area contributed by atoms with E-state index in [1.807, 2.05) is 31.3 Å². The maximum Gasteiger partial charge on any atom is 0.287 e. The average Bonchev–Trinajstić information content (AvgIpc) is 2.73. The Morgan fingerprint density at radius 1 is 1.31 bits per heavy atom. The Bertz CT molecular complexity index is 457. The van der Waals surface area contributed by atoms with Gasteiger partial charge in [0.1, 0.15) is 5.58 Å². The third-order valence-electron chi connectivity index (χ3n) is 2.31. The van der Waals surface area contributed by atoms with Crippen molar-refractivity contribution in [1.82, 2.24) is 10.6 Å². The van der Waals surface area contributed by atoms with Crippen molar-refractivity contribution in [2.75, 3.05) is 20.1 Å². The summed E-state index contributed by atoms with van der Waals surface area (Å²) in [5.41, 5.74) is 0.737. The van der Waals surface area contributed by atoms with Crippen LogP contribution in [0.2, 0.25) is 0 Å². The van der Waals surface area contributed by atoms with Gasteiger partial charge in [0.25, 0.3) is 5.91 Å². The van der Waals surface area contributed by atoms with Gasteiger partial charge in [-0.3, -0.25) is 4.79 Å². The summed E-state index contributed by atoms with van der Waals surface area (Å²) in [4.78, 5) is 11.7. The highest BCUT2D eigenvalue weighted by Gasteiger charge is 2.10. The van der Waals surface area contributed by atoms with Crippen molar-refractivity contribution in [1.29, 1.82) is 0 Å². The fourth-order valence-electron chi connectivity index (χ4n) is 1.48. The number of rotatable bonds is 4. The molecule has 0 fully saturated rings. The minimum Gasteiger partial charge on any atom is -0.451 e. The van der Waals surface area contributed by atoms with Crippen LogP contribution in [0, 0.1) is 0 Å². The summed E-state index contributed by atoms with van der Waals surface area (Å²) in [5.74, 6) is 0.184. The number of nitrogens with one attached hydrogen (secondary N) is 2. The van der Waals surface area contributed by atoms with Crippen LogP contribution in [0.4, 0.5) is 0 Å². The predicted molar refractivity (Wildman–Crippen MR) is 62.5 cm³/mol. The van der Waals surface area contributed by atoms with Crippen LogP contribution in [0.15, 0.2) is 34.7 Å². The first-order chi connectivity index (χ1) is 7.81. The number of hydrogen-bond acceptors (Lipinski definition) is 3. The molecule has 1 aromatic heterocycles. The lowest BCUT2D eigenvalue weighted by Gasteiger charge is -2.00. The SMILES string of the molecule is CNCCNC(=O)c1cc2ccccc2o1. The van der Waals surface area contributed by atoms with Gasteiger partial charge in [0, 0.05) is 18.5 Å². The van der Waals surface area contributed by atoms with Gasteiger partial charge in [-0.15, -0.1) is 0 Å². The number of amides is 1. The molecule has 0 spiro atoms. The van der Waals surface area contributed by atoms with Gasteiger partial charge in [-0.1, -0.05) is 18.2 Å². The zero-order valence-electron chi connectivity index (χ0n) is 9.12. The molecule has 0 unspecified atom stereocenters. The molecule has 0 aliphatic rings. The molecule has 0 aliphatic heterocycles. The summed E-state index contributed by atoms with van der Waals surface area (Å²) in [6.45, 7) is 1.33. The highest BCUT2D eigenvalue weighted by molar-refractivity contribution is 5.96. The van der Waals surface area contributed by atoms with Gasteiger partial charge in [0.2, 0.25) is 0 Å². The second-order valence-electron chi connectivity index (χ2n) is 3.51. The largest absolute Gasteiger partial charge is 0.451 e. The summed E-state index contributed by atoms with van der Waals surface area (Å²) < 4.78 is 5.43. The van der Waals surface area contributed by atoms with Crippen molar-refractivity contribution in [3.05, 3.63) is 36.1 Å². The van der Waals surface area contributed by atoms with Crippen molar-refractivity contribution in [3.63, 3.8) is 0 Å². The average molecular weight is 218 g/mol. The van der Waals surface area contributed by atoms with Crippen LogP contribution in [0.5, 0.6) is 0 Å². The molecule has 0 aliphatic carbocycles. The first-order valence-electron chi connectivity index (χ1n) is 5.22. The zero-order valence-corrected chi connectivity index (χ0v) is 9.12. The van der Waals surface area contributed by atoms with Crippen LogP contribution in [-0.2, 0) is 0 Å². The van der Waals surface area contributed by atoms with Crippen molar-refractivity contribution in [2.45, 2.75) is 0 Å². The molecule has 1 aromatic carbocycles. The lowest BCUT2D eigenvalue weighted by molar-refractivity contribution is 0.0928. The molecule has 1 heterocycles. The van der Waals surface area contributed by atoms with Crippen LogP contribution in [0.25, 0.3) is 11.0 Å². The minimum atomic E-state index is -0.175. The van der Waals surface area contributed by atoms with Gasteiger partial charge >= 0.3 is 0 Å². The van der Waals surface area contributed by atoms with E-state index in [2.05, 4.69) is 10.6 Å². The second kappa shape index (κ2) is 4.81. The second-order valence-corrected chi connectivity index (χ2v) is 3.51.